The SMILES string of the molecule is CC1(c2n[nH]c(=O)o2)CCCCC1. The van der Waals surface area contributed by atoms with Gasteiger partial charge in [0.15, 0.2) is 0 Å². The quantitative estimate of drug-likeness (QED) is 0.717. The summed E-state index contributed by atoms with van der Waals surface area (Å²) < 4.78 is 5.00. The van der Waals surface area contributed by atoms with Gasteiger partial charge in [-0.1, -0.05) is 26.2 Å². The average molecular weight is 182 g/mol. The molecule has 0 aliphatic heterocycles. The van der Waals surface area contributed by atoms with Crippen LogP contribution in [0, 0.1) is 0 Å². The Bertz CT molecular complexity index is 333. The fourth-order valence-electron chi connectivity index (χ4n) is 2.03. The summed E-state index contributed by atoms with van der Waals surface area (Å²) in [5, 5.41) is 6.23. The van der Waals surface area contributed by atoms with Gasteiger partial charge in [-0.15, -0.1) is 5.10 Å². The first-order valence-electron chi connectivity index (χ1n) is 4.77. The van der Waals surface area contributed by atoms with Crippen molar-refractivity contribution >= 4 is 0 Å². The molecule has 1 heterocycles. The lowest BCUT2D eigenvalue weighted by atomic mass is 9.76. The van der Waals surface area contributed by atoms with Gasteiger partial charge in [0.1, 0.15) is 0 Å². The maximum Gasteiger partial charge on any atom is 0.434 e. The number of aromatic amines is 1. The first-order valence-corrected chi connectivity index (χ1v) is 4.77. The first-order chi connectivity index (χ1) is 6.21. The predicted octanol–water partition coefficient (Wildman–Crippen LogP) is 1.58. The van der Waals surface area contributed by atoms with Crippen molar-refractivity contribution in [2.24, 2.45) is 0 Å². The van der Waals surface area contributed by atoms with E-state index in [1.165, 1.54) is 19.3 Å². The molecule has 1 N–H and O–H groups in total. The monoisotopic (exact) mass is 182 g/mol. The molecule has 72 valence electrons. The van der Waals surface area contributed by atoms with Crippen molar-refractivity contribution in [2.75, 3.05) is 0 Å². The summed E-state index contributed by atoms with van der Waals surface area (Å²) in [4.78, 5) is 10.8. The van der Waals surface area contributed by atoms with Gasteiger partial charge in [0, 0.05) is 5.41 Å². The van der Waals surface area contributed by atoms with Crippen LogP contribution in [0.15, 0.2) is 9.21 Å². The molecule has 0 bridgehead atoms. The second-order valence-corrected chi connectivity index (χ2v) is 4.04. The highest BCUT2D eigenvalue weighted by Crippen LogP contribution is 2.37. The second kappa shape index (κ2) is 3.01. The average Bonchev–Trinajstić information content (AvgIpc) is 2.54. The van der Waals surface area contributed by atoms with Crippen LogP contribution in [0.2, 0.25) is 0 Å². The minimum atomic E-state index is -0.443. The molecule has 0 radical (unpaired) electrons. The summed E-state index contributed by atoms with van der Waals surface area (Å²) in [5.41, 5.74) is -0.0165. The van der Waals surface area contributed by atoms with E-state index in [1.54, 1.807) is 0 Å². The van der Waals surface area contributed by atoms with E-state index in [9.17, 15) is 4.79 Å². The van der Waals surface area contributed by atoms with Crippen LogP contribution in [-0.4, -0.2) is 10.2 Å². The summed E-state index contributed by atoms with van der Waals surface area (Å²) in [6.07, 6.45) is 5.83. The number of nitrogens with zero attached hydrogens (tertiary/aromatic N) is 1. The van der Waals surface area contributed by atoms with Crippen molar-refractivity contribution in [1.29, 1.82) is 0 Å². The summed E-state index contributed by atoms with van der Waals surface area (Å²) in [7, 11) is 0. The third kappa shape index (κ3) is 1.53. The molecule has 1 aromatic heterocycles. The zero-order valence-corrected chi connectivity index (χ0v) is 7.80. The van der Waals surface area contributed by atoms with E-state index in [0.717, 1.165) is 12.8 Å². The highest BCUT2D eigenvalue weighted by Gasteiger charge is 2.33. The highest BCUT2D eigenvalue weighted by molar-refractivity contribution is 5.01. The maximum atomic E-state index is 10.8. The van der Waals surface area contributed by atoms with Crippen LogP contribution in [-0.2, 0) is 5.41 Å². The molecule has 0 saturated heterocycles. The molecule has 0 atom stereocenters. The second-order valence-electron chi connectivity index (χ2n) is 4.04. The Morgan fingerprint density at radius 3 is 2.62 bits per heavy atom. The van der Waals surface area contributed by atoms with Crippen molar-refractivity contribution in [2.45, 2.75) is 44.4 Å². The number of nitrogens with one attached hydrogen (secondary N) is 1. The predicted molar refractivity (Wildman–Crippen MR) is 47.6 cm³/mol. The first kappa shape index (κ1) is 8.53. The van der Waals surface area contributed by atoms with Crippen LogP contribution >= 0.6 is 0 Å². The molecule has 4 nitrogen and oxygen atoms in total. The fraction of sp³-hybridized carbons (Fsp3) is 0.778. The standard InChI is InChI=1S/C9H14N2O2/c1-9(5-3-2-4-6-9)7-10-11-8(12)13-7/h2-6H2,1H3,(H,11,12). The van der Waals surface area contributed by atoms with Gasteiger partial charge in [-0.2, -0.15) is 0 Å². The van der Waals surface area contributed by atoms with Gasteiger partial charge in [0.05, 0.1) is 0 Å². The molecule has 1 fully saturated rings. The largest absolute Gasteiger partial charge is 0.434 e. The van der Waals surface area contributed by atoms with Gasteiger partial charge in [-0.25, -0.2) is 9.89 Å². The van der Waals surface area contributed by atoms with Crippen LogP contribution in [0.3, 0.4) is 0 Å². The Kier molecular flexibility index (Phi) is 1.98. The van der Waals surface area contributed by atoms with E-state index in [2.05, 4.69) is 17.1 Å². The number of rotatable bonds is 1. The number of aromatic nitrogens is 2. The Hall–Kier alpha value is -1.06. The van der Waals surface area contributed by atoms with E-state index >= 15 is 0 Å². The topological polar surface area (TPSA) is 58.9 Å². The molecule has 0 aromatic carbocycles. The van der Waals surface area contributed by atoms with E-state index in [1.807, 2.05) is 0 Å². The summed E-state index contributed by atoms with van der Waals surface area (Å²) in [6, 6.07) is 0. The Morgan fingerprint density at radius 2 is 2.08 bits per heavy atom. The molecular formula is C9H14N2O2. The smallest absolute Gasteiger partial charge is 0.392 e. The molecule has 13 heavy (non-hydrogen) atoms. The molecule has 0 amide bonds. The van der Waals surface area contributed by atoms with Crippen molar-refractivity contribution < 1.29 is 4.42 Å². The molecule has 1 aromatic rings. The van der Waals surface area contributed by atoms with Gasteiger partial charge in [-0.05, 0) is 12.8 Å². The Balaban J connectivity index is 2.27. The summed E-state index contributed by atoms with van der Waals surface area (Å²) in [6.45, 7) is 2.12. The zero-order chi connectivity index (χ0) is 9.31. The molecule has 4 heteroatoms. The lowest BCUT2D eigenvalue weighted by Crippen LogP contribution is -2.25. The van der Waals surface area contributed by atoms with Crippen LogP contribution in [0.5, 0.6) is 0 Å². The molecule has 1 aliphatic rings. The van der Waals surface area contributed by atoms with E-state index < -0.39 is 5.76 Å². The van der Waals surface area contributed by atoms with Gasteiger partial charge in [-0.3, -0.25) is 0 Å². The van der Waals surface area contributed by atoms with Crippen LogP contribution < -0.4 is 5.76 Å². The fourth-order valence-corrected chi connectivity index (χ4v) is 2.03. The van der Waals surface area contributed by atoms with Crippen molar-refractivity contribution in [1.82, 2.24) is 10.2 Å². The molecular weight excluding hydrogens is 168 g/mol. The minimum absolute atomic E-state index is 0.0165. The van der Waals surface area contributed by atoms with Crippen molar-refractivity contribution in [3.63, 3.8) is 0 Å². The van der Waals surface area contributed by atoms with Gasteiger partial charge < -0.3 is 4.42 Å². The lowest BCUT2D eigenvalue weighted by molar-refractivity contribution is 0.252. The van der Waals surface area contributed by atoms with E-state index in [4.69, 9.17) is 4.42 Å². The summed E-state index contributed by atoms with van der Waals surface area (Å²) >= 11 is 0. The third-order valence-corrected chi connectivity index (χ3v) is 2.91. The number of hydrogen-bond acceptors (Lipinski definition) is 3. The Labute approximate surface area is 76.3 Å². The van der Waals surface area contributed by atoms with E-state index in [-0.39, 0.29) is 5.41 Å². The number of H-pyrrole nitrogens is 1. The molecule has 1 aliphatic carbocycles. The molecule has 2 rings (SSSR count). The summed E-state index contributed by atoms with van der Waals surface area (Å²) in [5.74, 6) is 0.138. The zero-order valence-electron chi connectivity index (χ0n) is 7.80. The van der Waals surface area contributed by atoms with Gasteiger partial charge >= 0.3 is 5.76 Å². The van der Waals surface area contributed by atoms with Crippen LogP contribution in [0.4, 0.5) is 0 Å². The van der Waals surface area contributed by atoms with Crippen LogP contribution in [0.25, 0.3) is 0 Å². The normalized spacial score (nSPS) is 21.6. The third-order valence-electron chi connectivity index (χ3n) is 2.91. The highest BCUT2D eigenvalue weighted by atomic mass is 16.4. The Morgan fingerprint density at radius 1 is 1.38 bits per heavy atom. The molecule has 0 spiro atoms. The van der Waals surface area contributed by atoms with Crippen molar-refractivity contribution in [3.8, 4) is 0 Å². The molecule has 0 unspecified atom stereocenters. The van der Waals surface area contributed by atoms with Gasteiger partial charge in [0.2, 0.25) is 5.89 Å². The molecule has 1 saturated carbocycles. The van der Waals surface area contributed by atoms with Crippen molar-refractivity contribution in [3.05, 3.63) is 16.4 Å². The van der Waals surface area contributed by atoms with Crippen LogP contribution in [0.1, 0.15) is 44.9 Å². The number of hydrogen-bond donors (Lipinski definition) is 1. The van der Waals surface area contributed by atoms with E-state index in [0.29, 0.717) is 5.89 Å². The minimum Gasteiger partial charge on any atom is -0.392 e. The van der Waals surface area contributed by atoms with Gasteiger partial charge in [0.25, 0.3) is 0 Å². The lowest BCUT2D eigenvalue weighted by Gasteiger charge is -2.29. The maximum absolute atomic E-state index is 10.8.